The standard InChI is InChI=1S/C8H15NO.CH4O4S/c1-3-5-9(6-4-2)7-8-10;1-5-6(2,3)4/h3-4,10H,1-2,5-8H2;1H3,(H,2,3,4). The molecule has 0 unspecified atom stereocenters. The monoisotopic (exact) mass is 253 g/mol. The number of hydrogen-bond donors (Lipinski definition) is 2. The van der Waals surface area contributed by atoms with Gasteiger partial charge in [0.1, 0.15) is 0 Å². The number of aliphatic hydroxyl groups excluding tert-OH is 1. The third kappa shape index (κ3) is 15.7. The lowest BCUT2D eigenvalue weighted by atomic mass is 10.4. The summed E-state index contributed by atoms with van der Waals surface area (Å²) < 4.78 is 29.7. The first kappa shape index (κ1) is 17.7. The van der Waals surface area contributed by atoms with Gasteiger partial charge in [-0.05, 0) is 0 Å². The first-order valence-corrected chi connectivity index (χ1v) is 5.85. The zero-order chi connectivity index (χ0) is 13.0. The fraction of sp³-hybridized carbons (Fsp3) is 0.556. The van der Waals surface area contributed by atoms with E-state index in [0.717, 1.165) is 20.2 Å². The van der Waals surface area contributed by atoms with Gasteiger partial charge in [-0.3, -0.25) is 13.6 Å². The van der Waals surface area contributed by atoms with E-state index in [0.29, 0.717) is 6.54 Å². The Hall–Kier alpha value is -0.730. The van der Waals surface area contributed by atoms with Crippen molar-refractivity contribution in [3.05, 3.63) is 25.3 Å². The van der Waals surface area contributed by atoms with Gasteiger partial charge in [0.25, 0.3) is 0 Å². The van der Waals surface area contributed by atoms with Gasteiger partial charge in [-0.25, -0.2) is 0 Å². The van der Waals surface area contributed by atoms with Crippen molar-refractivity contribution in [2.24, 2.45) is 0 Å². The van der Waals surface area contributed by atoms with Gasteiger partial charge >= 0.3 is 10.4 Å². The zero-order valence-corrected chi connectivity index (χ0v) is 10.2. The summed E-state index contributed by atoms with van der Waals surface area (Å²) in [5.41, 5.74) is 0. The van der Waals surface area contributed by atoms with Gasteiger partial charge in [-0.1, -0.05) is 12.2 Å². The lowest BCUT2D eigenvalue weighted by molar-refractivity contribution is 0.220. The maximum atomic E-state index is 9.33. The number of aliphatic hydroxyl groups is 1. The van der Waals surface area contributed by atoms with Gasteiger partial charge < -0.3 is 5.11 Å². The lowest BCUT2D eigenvalue weighted by Gasteiger charge is -2.16. The van der Waals surface area contributed by atoms with Crippen LogP contribution in [0.5, 0.6) is 0 Å². The SMILES string of the molecule is C=CCN(CC=C)CCO.COS(=O)(=O)O. The summed E-state index contributed by atoms with van der Waals surface area (Å²) in [5, 5.41) is 8.58. The van der Waals surface area contributed by atoms with E-state index in [4.69, 9.17) is 9.66 Å². The molecule has 16 heavy (non-hydrogen) atoms. The molecule has 0 radical (unpaired) electrons. The number of nitrogens with zero attached hydrogens (tertiary/aromatic N) is 1. The predicted molar refractivity (Wildman–Crippen MR) is 62.5 cm³/mol. The molecule has 6 nitrogen and oxygen atoms in total. The Morgan fingerprint density at radius 2 is 1.69 bits per heavy atom. The van der Waals surface area contributed by atoms with Crippen LogP contribution in [0.3, 0.4) is 0 Å². The summed E-state index contributed by atoms with van der Waals surface area (Å²) in [6, 6.07) is 0. The van der Waals surface area contributed by atoms with Crippen molar-refractivity contribution in [2.45, 2.75) is 0 Å². The molecule has 0 aromatic carbocycles. The summed E-state index contributed by atoms with van der Waals surface area (Å²) in [4.78, 5) is 2.06. The Kier molecular flexibility index (Phi) is 11.9. The number of rotatable bonds is 7. The molecule has 0 amide bonds. The van der Waals surface area contributed by atoms with Crippen LogP contribution in [0.4, 0.5) is 0 Å². The molecule has 0 aliphatic heterocycles. The van der Waals surface area contributed by atoms with Crippen molar-refractivity contribution in [1.29, 1.82) is 0 Å². The topological polar surface area (TPSA) is 87.1 Å². The van der Waals surface area contributed by atoms with Gasteiger partial charge in [0.05, 0.1) is 13.7 Å². The van der Waals surface area contributed by atoms with Gasteiger partial charge in [-0.2, -0.15) is 8.42 Å². The molecule has 0 atom stereocenters. The molecule has 0 spiro atoms. The third-order valence-electron chi connectivity index (χ3n) is 1.40. The zero-order valence-electron chi connectivity index (χ0n) is 9.37. The van der Waals surface area contributed by atoms with Crippen LogP contribution in [0, 0.1) is 0 Å². The molecule has 0 heterocycles. The Bertz CT molecular complexity index is 266. The van der Waals surface area contributed by atoms with E-state index in [1.807, 2.05) is 12.2 Å². The summed E-state index contributed by atoms with van der Waals surface area (Å²) in [5.74, 6) is 0. The van der Waals surface area contributed by atoms with Crippen LogP contribution in [0.1, 0.15) is 0 Å². The highest BCUT2D eigenvalue weighted by atomic mass is 32.3. The molecule has 0 saturated heterocycles. The molecule has 2 N–H and O–H groups in total. The van der Waals surface area contributed by atoms with Crippen LogP contribution >= 0.6 is 0 Å². The maximum absolute atomic E-state index is 9.33. The third-order valence-corrected chi connectivity index (χ3v) is 1.82. The fourth-order valence-electron chi connectivity index (χ4n) is 0.764. The second-order valence-electron chi connectivity index (χ2n) is 2.65. The van der Waals surface area contributed by atoms with E-state index in [2.05, 4.69) is 22.2 Å². The highest BCUT2D eigenvalue weighted by Crippen LogP contribution is 1.86. The van der Waals surface area contributed by atoms with Crippen LogP contribution in [-0.2, 0) is 14.6 Å². The van der Waals surface area contributed by atoms with Crippen LogP contribution in [-0.4, -0.2) is 56.3 Å². The minimum atomic E-state index is -4.16. The van der Waals surface area contributed by atoms with E-state index < -0.39 is 10.4 Å². The van der Waals surface area contributed by atoms with Crippen molar-refractivity contribution < 1.29 is 22.3 Å². The van der Waals surface area contributed by atoms with E-state index >= 15 is 0 Å². The molecule has 0 fully saturated rings. The Morgan fingerprint density at radius 1 is 1.31 bits per heavy atom. The second-order valence-corrected chi connectivity index (χ2v) is 3.84. The minimum Gasteiger partial charge on any atom is -0.395 e. The van der Waals surface area contributed by atoms with Crippen molar-refractivity contribution >= 4 is 10.4 Å². The molecule has 0 aliphatic rings. The lowest BCUT2D eigenvalue weighted by Crippen LogP contribution is -2.26. The largest absolute Gasteiger partial charge is 0.397 e. The van der Waals surface area contributed by atoms with Crippen molar-refractivity contribution in [1.82, 2.24) is 4.90 Å². The average Bonchev–Trinajstić information content (AvgIpc) is 2.19. The van der Waals surface area contributed by atoms with Gasteiger partial charge in [-0.15, -0.1) is 13.2 Å². The van der Waals surface area contributed by atoms with Crippen molar-refractivity contribution in [3.63, 3.8) is 0 Å². The Labute approximate surface area is 96.8 Å². The average molecular weight is 253 g/mol. The molecule has 0 aromatic rings. The highest BCUT2D eigenvalue weighted by Gasteiger charge is 1.96. The van der Waals surface area contributed by atoms with Crippen molar-refractivity contribution in [2.75, 3.05) is 33.4 Å². The van der Waals surface area contributed by atoms with Crippen LogP contribution in [0.15, 0.2) is 25.3 Å². The number of hydrogen-bond acceptors (Lipinski definition) is 5. The molecular weight excluding hydrogens is 234 g/mol. The maximum Gasteiger partial charge on any atom is 0.397 e. The van der Waals surface area contributed by atoms with E-state index in [-0.39, 0.29) is 6.61 Å². The molecule has 0 rings (SSSR count). The summed E-state index contributed by atoms with van der Waals surface area (Å²) >= 11 is 0. The minimum absolute atomic E-state index is 0.196. The summed E-state index contributed by atoms with van der Waals surface area (Å²) in [7, 11) is -3.29. The first-order valence-electron chi connectivity index (χ1n) is 4.49. The second kappa shape index (κ2) is 10.8. The molecule has 0 aliphatic carbocycles. The van der Waals surface area contributed by atoms with Gasteiger partial charge in [0.15, 0.2) is 0 Å². The van der Waals surface area contributed by atoms with Crippen LogP contribution < -0.4 is 0 Å². The normalized spacial score (nSPS) is 10.5. The van der Waals surface area contributed by atoms with E-state index in [1.54, 1.807) is 0 Å². The Balaban J connectivity index is 0. The van der Waals surface area contributed by atoms with E-state index in [1.165, 1.54) is 0 Å². The first-order chi connectivity index (χ1) is 7.41. The molecule has 0 aromatic heterocycles. The fourth-order valence-corrected chi connectivity index (χ4v) is 0.764. The molecule has 96 valence electrons. The highest BCUT2D eigenvalue weighted by molar-refractivity contribution is 7.80. The van der Waals surface area contributed by atoms with Gasteiger partial charge in [0, 0.05) is 19.6 Å². The smallest absolute Gasteiger partial charge is 0.395 e. The van der Waals surface area contributed by atoms with Gasteiger partial charge in [0.2, 0.25) is 0 Å². The summed E-state index contributed by atoms with van der Waals surface area (Å²) in [6.45, 7) is 9.73. The molecule has 0 saturated carbocycles. The van der Waals surface area contributed by atoms with Crippen LogP contribution in [0.2, 0.25) is 0 Å². The predicted octanol–water partition coefficient (Wildman–Crippen LogP) is 0.0883. The Morgan fingerprint density at radius 3 is 1.88 bits per heavy atom. The quantitative estimate of drug-likeness (QED) is 0.494. The van der Waals surface area contributed by atoms with E-state index in [9.17, 15) is 8.42 Å². The molecule has 7 heteroatoms. The van der Waals surface area contributed by atoms with Crippen molar-refractivity contribution in [3.8, 4) is 0 Å². The summed E-state index contributed by atoms with van der Waals surface area (Å²) in [6.07, 6.45) is 3.64. The molecule has 0 bridgehead atoms. The molecular formula is C9H19NO5S. The van der Waals surface area contributed by atoms with Crippen LogP contribution in [0.25, 0.3) is 0 Å².